The zero-order valence-electron chi connectivity index (χ0n) is 12.3. The summed E-state index contributed by atoms with van der Waals surface area (Å²) in [7, 11) is 1.94. The van der Waals surface area contributed by atoms with Crippen LogP contribution in [0.3, 0.4) is 0 Å². The van der Waals surface area contributed by atoms with Crippen LogP contribution in [0.2, 0.25) is 0 Å². The number of likely N-dealkylation sites (N-methyl/N-ethyl adjacent to an activating group) is 1. The van der Waals surface area contributed by atoms with Gasteiger partial charge in [-0.25, -0.2) is 0 Å². The summed E-state index contributed by atoms with van der Waals surface area (Å²) in [4.78, 5) is 16.9. The van der Waals surface area contributed by atoms with Gasteiger partial charge in [0.15, 0.2) is 0 Å². The van der Waals surface area contributed by atoms with E-state index in [4.69, 9.17) is 5.73 Å². The van der Waals surface area contributed by atoms with Gasteiger partial charge in [0, 0.05) is 26.2 Å². The molecule has 4 nitrogen and oxygen atoms in total. The Morgan fingerprint density at radius 1 is 1.16 bits per heavy atom. The highest BCUT2D eigenvalue weighted by Crippen LogP contribution is 2.23. The molecule has 0 aromatic rings. The van der Waals surface area contributed by atoms with Crippen molar-refractivity contribution in [3.8, 4) is 0 Å². The Labute approximate surface area is 117 Å². The number of hydrogen-bond acceptors (Lipinski definition) is 3. The average Bonchev–Trinajstić information content (AvgIpc) is 2.83. The van der Waals surface area contributed by atoms with Gasteiger partial charge in [-0.3, -0.25) is 4.79 Å². The van der Waals surface area contributed by atoms with Crippen molar-refractivity contribution < 1.29 is 4.79 Å². The maximum atomic E-state index is 12.5. The third-order valence-electron chi connectivity index (χ3n) is 4.71. The molecule has 0 aromatic carbocycles. The first-order chi connectivity index (χ1) is 9.18. The summed E-state index contributed by atoms with van der Waals surface area (Å²) in [6.07, 6.45) is 8.18. The molecule has 2 rings (SSSR count). The lowest BCUT2D eigenvalue weighted by Crippen LogP contribution is -2.44. The number of likely N-dealkylation sites (tertiary alicyclic amines) is 1. The van der Waals surface area contributed by atoms with E-state index in [-0.39, 0.29) is 17.9 Å². The van der Waals surface area contributed by atoms with E-state index in [1.165, 1.54) is 38.8 Å². The molecule has 2 unspecified atom stereocenters. The van der Waals surface area contributed by atoms with Crippen molar-refractivity contribution in [3.63, 3.8) is 0 Å². The topological polar surface area (TPSA) is 49.6 Å². The Morgan fingerprint density at radius 3 is 2.58 bits per heavy atom. The van der Waals surface area contributed by atoms with Crippen LogP contribution in [0.4, 0.5) is 0 Å². The number of hydrogen-bond donors (Lipinski definition) is 1. The van der Waals surface area contributed by atoms with Gasteiger partial charge < -0.3 is 15.5 Å². The quantitative estimate of drug-likeness (QED) is 0.784. The molecule has 2 atom stereocenters. The number of nitrogens with zero attached hydrogens (tertiary/aromatic N) is 2. The Balaban J connectivity index is 1.79. The first-order valence-electron chi connectivity index (χ1n) is 7.91. The molecule has 0 aromatic heterocycles. The van der Waals surface area contributed by atoms with E-state index in [1.807, 2.05) is 11.9 Å². The van der Waals surface area contributed by atoms with E-state index in [2.05, 4.69) is 4.90 Å². The standard InChI is InChI=1S/C15H29N3O/c1-17(11-12-18-9-5-6-10-18)15(19)13-7-3-2-4-8-14(13)16/h13-14H,2-12,16H2,1H3. The van der Waals surface area contributed by atoms with Crippen LogP contribution in [0.15, 0.2) is 0 Å². The first-order valence-corrected chi connectivity index (χ1v) is 7.91. The van der Waals surface area contributed by atoms with Gasteiger partial charge in [0.05, 0.1) is 5.92 Å². The van der Waals surface area contributed by atoms with E-state index in [1.54, 1.807) is 0 Å². The highest BCUT2D eigenvalue weighted by molar-refractivity contribution is 5.79. The smallest absolute Gasteiger partial charge is 0.227 e. The molecule has 0 radical (unpaired) electrons. The monoisotopic (exact) mass is 267 g/mol. The van der Waals surface area contributed by atoms with Gasteiger partial charge in [-0.2, -0.15) is 0 Å². The summed E-state index contributed by atoms with van der Waals surface area (Å²) >= 11 is 0. The Hall–Kier alpha value is -0.610. The van der Waals surface area contributed by atoms with Crippen molar-refractivity contribution in [2.24, 2.45) is 11.7 Å². The second-order valence-electron chi connectivity index (χ2n) is 6.22. The van der Waals surface area contributed by atoms with Crippen LogP contribution in [0.25, 0.3) is 0 Å². The van der Waals surface area contributed by atoms with Crippen molar-refractivity contribution in [2.45, 2.75) is 51.0 Å². The number of nitrogens with two attached hydrogens (primary N) is 1. The molecular weight excluding hydrogens is 238 g/mol. The third-order valence-corrected chi connectivity index (χ3v) is 4.71. The van der Waals surface area contributed by atoms with Crippen LogP contribution >= 0.6 is 0 Å². The Bertz CT molecular complexity index is 289. The molecule has 19 heavy (non-hydrogen) atoms. The normalized spacial score (nSPS) is 29.2. The van der Waals surface area contributed by atoms with Crippen molar-refractivity contribution in [2.75, 3.05) is 33.2 Å². The molecule has 2 fully saturated rings. The largest absolute Gasteiger partial charge is 0.344 e. The molecule has 1 aliphatic heterocycles. The molecule has 1 aliphatic carbocycles. The first kappa shape index (κ1) is 14.8. The number of carbonyl (C=O) groups is 1. The second kappa shape index (κ2) is 7.25. The SMILES string of the molecule is CN(CCN1CCCC1)C(=O)C1CCCCCC1N. The molecule has 4 heteroatoms. The Morgan fingerprint density at radius 2 is 1.84 bits per heavy atom. The van der Waals surface area contributed by atoms with Gasteiger partial charge in [-0.1, -0.05) is 19.3 Å². The summed E-state index contributed by atoms with van der Waals surface area (Å²) in [6.45, 7) is 4.27. The van der Waals surface area contributed by atoms with E-state index in [9.17, 15) is 4.79 Å². The fraction of sp³-hybridized carbons (Fsp3) is 0.933. The molecule has 2 N–H and O–H groups in total. The second-order valence-corrected chi connectivity index (χ2v) is 6.22. The molecule has 1 heterocycles. The van der Waals surface area contributed by atoms with Crippen molar-refractivity contribution >= 4 is 5.91 Å². The maximum Gasteiger partial charge on any atom is 0.227 e. The highest BCUT2D eigenvalue weighted by atomic mass is 16.2. The van der Waals surface area contributed by atoms with Gasteiger partial charge in [-0.15, -0.1) is 0 Å². The highest BCUT2D eigenvalue weighted by Gasteiger charge is 2.29. The minimum absolute atomic E-state index is 0.0612. The van der Waals surface area contributed by atoms with Gasteiger partial charge in [0.1, 0.15) is 0 Å². The van der Waals surface area contributed by atoms with Crippen molar-refractivity contribution in [1.29, 1.82) is 0 Å². The minimum Gasteiger partial charge on any atom is -0.344 e. The molecule has 110 valence electrons. The molecular formula is C15H29N3O. The fourth-order valence-electron chi connectivity index (χ4n) is 3.33. The lowest BCUT2D eigenvalue weighted by molar-refractivity contribution is -0.135. The van der Waals surface area contributed by atoms with Crippen LogP contribution < -0.4 is 5.73 Å². The van der Waals surface area contributed by atoms with Crippen LogP contribution in [0.5, 0.6) is 0 Å². The van der Waals surface area contributed by atoms with Crippen LogP contribution in [-0.2, 0) is 4.79 Å². The van der Waals surface area contributed by atoms with Crippen molar-refractivity contribution in [1.82, 2.24) is 9.80 Å². The lowest BCUT2D eigenvalue weighted by Gasteiger charge is -2.28. The van der Waals surface area contributed by atoms with E-state index in [0.717, 1.165) is 32.4 Å². The molecule has 0 bridgehead atoms. The predicted molar refractivity (Wildman–Crippen MR) is 77.9 cm³/mol. The zero-order valence-corrected chi connectivity index (χ0v) is 12.3. The zero-order chi connectivity index (χ0) is 13.7. The summed E-state index contributed by atoms with van der Waals surface area (Å²) in [6, 6.07) is 0.0734. The van der Waals surface area contributed by atoms with E-state index >= 15 is 0 Å². The van der Waals surface area contributed by atoms with Crippen LogP contribution in [0.1, 0.15) is 44.9 Å². The molecule has 1 amide bonds. The number of carbonyl (C=O) groups excluding carboxylic acids is 1. The molecule has 2 aliphatic rings. The van der Waals surface area contributed by atoms with Gasteiger partial charge >= 0.3 is 0 Å². The number of rotatable bonds is 4. The fourth-order valence-corrected chi connectivity index (χ4v) is 3.33. The summed E-state index contributed by atoms with van der Waals surface area (Å²) in [5.41, 5.74) is 6.18. The molecule has 1 saturated carbocycles. The molecule has 0 spiro atoms. The van der Waals surface area contributed by atoms with Crippen LogP contribution in [0, 0.1) is 5.92 Å². The predicted octanol–water partition coefficient (Wildman–Crippen LogP) is 1.45. The average molecular weight is 267 g/mol. The summed E-state index contributed by atoms with van der Waals surface area (Å²) in [5.74, 6) is 0.333. The third kappa shape index (κ3) is 4.18. The van der Waals surface area contributed by atoms with Gasteiger partial charge in [0.25, 0.3) is 0 Å². The van der Waals surface area contributed by atoms with E-state index in [0.29, 0.717) is 0 Å². The van der Waals surface area contributed by atoms with Gasteiger partial charge in [0.2, 0.25) is 5.91 Å². The minimum atomic E-state index is 0.0612. The lowest BCUT2D eigenvalue weighted by atomic mass is 9.94. The van der Waals surface area contributed by atoms with Crippen LogP contribution in [-0.4, -0.2) is 55.0 Å². The van der Waals surface area contributed by atoms with Crippen molar-refractivity contribution in [3.05, 3.63) is 0 Å². The summed E-state index contributed by atoms with van der Waals surface area (Å²) in [5, 5.41) is 0. The van der Waals surface area contributed by atoms with E-state index < -0.39 is 0 Å². The summed E-state index contributed by atoms with van der Waals surface area (Å²) < 4.78 is 0. The van der Waals surface area contributed by atoms with Gasteiger partial charge in [-0.05, 0) is 38.8 Å². The molecule has 1 saturated heterocycles. The Kier molecular flexibility index (Phi) is 5.64. The maximum absolute atomic E-state index is 12.5. The number of amides is 1.